The van der Waals surface area contributed by atoms with Gasteiger partial charge in [-0.2, -0.15) is 4.98 Å². The number of pyridine rings is 1. The molecule has 0 saturated heterocycles. The molecule has 1 aromatic heterocycles. The van der Waals surface area contributed by atoms with Gasteiger partial charge in [-0.1, -0.05) is 11.6 Å². The van der Waals surface area contributed by atoms with Crippen LogP contribution in [0.25, 0.3) is 0 Å². The van der Waals surface area contributed by atoms with Gasteiger partial charge in [-0.05, 0) is 30.3 Å². The fraction of sp³-hybridized carbons (Fsp3) is 0.0833. The average Bonchev–Trinajstić information content (AvgIpc) is 2.41. The molecule has 0 aliphatic rings. The average molecular weight is 280 g/mol. The van der Waals surface area contributed by atoms with Crippen molar-refractivity contribution in [3.63, 3.8) is 0 Å². The number of hydrogen-bond acceptors (Lipinski definition) is 5. The highest BCUT2D eigenvalue weighted by atomic mass is 35.5. The topological polar surface area (TPSA) is 77.3 Å². The minimum Gasteiger partial charge on any atom is -0.434 e. The van der Waals surface area contributed by atoms with E-state index in [0.29, 0.717) is 16.6 Å². The molecule has 7 heteroatoms. The van der Waals surface area contributed by atoms with E-state index in [9.17, 15) is 10.1 Å². The van der Waals surface area contributed by atoms with E-state index in [4.69, 9.17) is 16.3 Å². The van der Waals surface area contributed by atoms with Crippen molar-refractivity contribution in [1.29, 1.82) is 0 Å². The van der Waals surface area contributed by atoms with Crippen molar-refractivity contribution in [3.05, 3.63) is 51.5 Å². The van der Waals surface area contributed by atoms with Crippen LogP contribution in [0.2, 0.25) is 5.02 Å². The quantitative estimate of drug-likeness (QED) is 0.685. The second-order valence-electron chi connectivity index (χ2n) is 3.58. The maximum atomic E-state index is 10.9. The lowest BCUT2D eigenvalue weighted by atomic mass is 10.3. The SMILES string of the molecule is CNc1ccc([N+](=O)[O-])c(Oc2ccc(Cl)cc2)n1. The highest BCUT2D eigenvalue weighted by Crippen LogP contribution is 2.30. The third-order valence-electron chi connectivity index (χ3n) is 2.32. The Kier molecular flexibility index (Phi) is 3.82. The van der Waals surface area contributed by atoms with Crippen LogP contribution >= 0.6 is 11.6 Å². The molecular formula is C12H10ClN3O3. The Morgan fingerprint density at radius 3 is 2.53 bits per heavy atom. The van der Waals surface area contributed by atoms with Gasteiger partial charge in [0, 0.05) is 18.1 Å². The molecule has 0 fully saturated rings. The van der Waals surface area contributed by atoms with E-state index in [1.54, 1.807) is 31.3 Å². The minimum absolute atomic E-state index is 0.0702. The van der Waals surface area contributed by atoms with Crippen LogP contribution in [0, 0.1) is 10.1 Å². The highest BCUT2D eigenvalue weighted by Gasteiger charge is 2.18. The normalized spacial score (nSPS) is 10.0. The first-order chi connectivity index (χ1) is 9.10. The van der Waals surface area contributed by atoms with Crippen molar-refractivity contribution in [2.45, 2.75) is 0 Å². The smallest absolute Gasteiger partial charge is 0.331 e. The number of ether oxygens (including phenoxy) is 1. The van der Waals surface area contributed by atoms with Crippen molar-refractivity contribution in [2.75, 3.05) is 12.4 Å². The van der Waals surface area contributed by atoms with Crippen LogP contribution in [0.15, 0.2) is 36.4 Å². The molecule has 0 spiro atoms. The van der Waals surface area contributed by atoms with Gasteiger partial charge >= 0.3 is 11.6 Å². The molecule has 0 amide bonds. The Balaban J connectivity index is 2.36. The van der Waals surface area contributed by atoms with Crippen molar-refractivity contribution < 1.29 is 9.66 Å². The summed E-state index contributed by atoms with van der Waals surface area (Å²) < 4.78 is 5.42. The molecule has 98 valence electrons. The molecule has 0 atom stereocenters. The van der Waals surface area contributed by atoms with Crippen LogP contribution in [-0.2, 0) is 0 Å². The van der Waals surface area contributed by atoms with Gasteiger partial charge in [0.05, 0.1) is 4.92 Å². The molecule has 0 aliphatic carbocycles. The molecule has 1 heterocycles. The molecular weight excluding hydrogens is 270 g/mol. The first-order valence-corrected chi connectivity index (χ1v) is 5.74. The molecule has 19 heavy (non-hydrogen) atoms. The summed E-state index contributed by atoms with van der Waals surface area (Å²) >= 11 is 5.75. The second kappa shape index (κ2) is 5.53. The Labute approximate surface area is 114 Å². The molecule has 0 saturated carbocycles. The fourth-order valence-corrected chi connectivity index (χ4v) is 1.53. The van der Waals surface area contributed by atoms with Crippen molar-refractivity contribution in [3.8, 4) is 11.6 Å². The van der Waals surface area contributed by atoms with Crippen LogP contribution in [0.4, 0.5) is 11.5 Å². The lowest BCUT2D eigenvalue weighted by molar-refractivity contribution is -0.386. The Hall–Kier alpha value is -2.34. The zero-order valence-electron chi connectivity index (χ0n) is 9.96. The molecule has 0 aliphatic heterocycles. The highest BCUT2D eigenvalue weighted by molar-refractivity contribution is 6.30. The van der Waals surface area contributed by atoms with E-state index >= 15 is 0 Å². The van der Waals surface area contributed by atoms with Crippen molar-refractivity contribution in [1.82, 2.24) is 4.98 Å². The summed E-state index contributed by atoms with van der Waals surface area (Å²) in [4.78, 5) is 14.4. The molecule has 6 nitrogen and oxygen atoms in total. The standard InChI is InChI=1S/C12H10ClN3O3/c1-14-11-7-6-10(16(17)18)12(15-11)19-9-4-2-8(13)3-5-9/h2-7H,1H3,(H,14,15). The lowest BCUT2D eigenvalue weighted by Gasteiger charge is -2.07. The van der Waals surface area contributed by atoms with Crippen LogP contribution in [0.3, 0.4) is 0 Å². The van der Waals surface area contributed by atoms with E-state index in [1.807, 2.05) is 0 Å². The number of rotatable bonds is 4. The molecule has 0 unspecified atom stereocenters. The number of anilines is 1. The first kappa shape index (κ1) is 13.1. The monoisotopic (exact) mass is 279 g/mol. The minimum atomic E-state index is -0.544. The van der Waals surface area contributed by atoms with Crippen LogP contribution in [0.1, 0.15) is 0 Å². The van der Waals surface area contributed by atoms with Crippen LogP contribution < -0.4 is 10.1 Å². The molecule has 0 radical (unpaired) electrons. The Bertz CT molecular complexity index is 602. The van der Waals surface area contributed by atoms with Gasteiger partial charge in [0.15, 0.2) is 0 Å². The van der Waals surface area contributed by atoms with Gasteiger partial charge < -0.3 is 10.1 Å². The molecule has 1 N–H and O–H groups in total. The van der Waals surface area contributed by atoms with E-state index in [0.717, 1.165) is 0 Å². The summed E-state index contributed by atoms with van der Waals surface area (Å²) in [5, 5.41) is 14.3. The number of hydrogen-bond donors (Lipinski definition) is 1. The summed E-state index contributed by atoms with van der Waals surface area (Å²) in [5.41, 5.74) is -0.200. The molecule has 2 aromatic rings. The predicted octanol–water partition coefficient (Wildman–Crippen LogP) is 3.48. The predicted molar refractivity (Wildman–Crippen MR) is 72.0 cm³/mol. The summed E-state index contributed by atoms with van der Waals surface area (Å²) in [5.74, 6) is 0.835. The fourth-order valence-electron chi connectivity index (χ4n) is 1.40. The number of nitro groups is 1. The number of aromatic nitrogens is 1. The van der Waals surface area contributed by atoms with E-state index in [2.05, 4.69) is 10.3 Å². The first-order valence-electron chi connectivity index (χ1n) is 5.37. The number of benzene rings is 1. The number of halogens is 1. The van der Waals surface area contributed by atoms with Gasteiger partial charge in [0.25, 0.3) is 0 Å². The molecule has 0 bridgehead atoms. The van der Waals surface area contributed by atoms with Gasteiger partial charge in [-0.25, -0.2) is 0 Å². The third-order valence-corrected chi connectivity index (χ3v) is 2.57. The van der Waals surface area contributed by atoms with E-state index in [1.165, 1.54) is 12.1 Å². The maximum absolute atomic E-state index is 10.9. The van der Waals surface area contributed by atoms with Crippen LogP contribution in [0.5, 0.6) is 11.6 Å². The second-order valence-corrected chi connectivity index (χ2v) is 4.02. The number of nitrogens with one attached hydrogen (secondary N) is 1. The summed E-state index contributed by atoms with van der Waals surface area (Å²) in [7, 11) is 1.67. The zero-order chi connectivity index (χ0) is 13.8. The van der Waals surface area contributed by atoms with Gasteiger partial charge in [0.2, 0.25) is 0 Å². The summed E-state index contributed by atoms with van der Waals surface area (Å²) in [6.07, 6.45) is 0. The van der Waals surface area contributed by atoms with Gasteiger partial charge in [-0.3, -0.25) is 10.1 Å². The zero-order valence-corrected chi connectivity index (χ0v) is 10.7. The summed E-state index contributed by atoms with van der Waals surface area (Å²) in [6, 6.07) is 9.33. The largest absolute Gasteiger partial charge is 0.434 e. The van der Waals surface area contributed by atoms with Gasteiger partial charge in [-0.15, -0.1) is 0 Å². The Morgan fingerprint density at radius 1 is 1.26 bits per heavy atom. The molecule has 1 aromatic carbocycles. The molecule has 2 rings (SSSR count). The van der Waals surface area contributed by atoms with E-state index < -0.39 is 4.92 Å². The maximum Gasteiger partial charge on any atom is 0.331 e. The van der Waals surface area contributed by atoms with Crippen molar-refractivity contribution in [2.24, 2.45) is 0 Å². The lowest BCUT2D eigenvalue weighted by Crippen LogP contribution is -1.99. The number of nitrogens with zero attached hydrogens (tertiary/aromatic N) is 2. The van der Waals surface area contributed by atoms with Crippen molar-refractivity contribution >= 4 is 23.1 Å². The third kappa shape index (κ3) is 3.11. The summed E-state index contributed by atoms with van der Waals surface area (Å²) in [6.45, 7) is 0. The van der Waals surface area contributed by atoms with Gasteiger partial charge in [0.1, 0.15) is 11.6 Å². The van der Waals surface area contributed by atoms with E-state index in [-0.39, 0.29) is 11.6 Å². The Morgan fingerprint density at radius 2 is 1.95 bits per heavy atom. The van der Waals surface area contributed by atoms with Crippen LogP contribution in [-0.4, -0.2) is 17.0 Å².